The fourth-order valence-corrected chi connectivity index (χ4v) is 5.82. The summed E-state index contributed by atoms with van der Waals surface area (Å²) in [5.41, 5.74) is 0.604. The maximum atomic E-state index is 14.7. The molecule has 2 bridgehead atoms. The van der Waals surface area contributed by atoms with Crippen molar-refractivity contribution in [2.24, 2.45) is 5.92 Å². The molecular formula is C26H30FN5O2. The minimum Gasteiger partial charge on any atom is -0.497 e. The van der Waals surface area contributed by atoms with Crippen LogP contribution in [0.4, 0.5) is 10.2 Å². The van der Waals surface area contributed by atoms with E-state index in [1.807, 2.05) is 11.0 Å². The van der Waals surface area contributed by atoms with Crippen LogP contribution in [0.3, 0.4) is 0 Å². The second-order valence-electron chi connectivity index (χ2n) is 9.79. The number of benzene rings is 1. The number of carbonyl (C=O) groups is 1. The summed E-state index contributed by atoms with van der Waals surface area (Å²) in [5.74, 6) is 1.71. The number of aromatic nitrogens is 1. The number of pyridine rings is 1. The molecule has 3 aliphatic rings. The van der Waals surface area contributed by atoms with Crippen molar-refractivity contribution < 1.29 is 13.9 Å². The minimum absolute atomic E-state index is 0.0473. The van der Waals surface area contributed by atoms with Gasteiger partial charge in [0.2, 0.25) is 5.91 Å². The first-order valence-electron chi connectivity index (χ1n) is 12.0. The molecule has 2 unspecified atom stereocenters. The van der Waals surface area contributed by atoms with E-state index >= 15 is 0 Å². The molecule has 3 atom stereocenters. The topological polar surface area (TPSA) is 81.5 Å². The Balaban J connectivity index is 1.27. The van der Waals surface area contributed by atoms with E-state index in [2.05, 4.69) is 28.2 Å². The highest BCUT2D eigenvalue weighted by Gasteiger charge is 2.46. The Morgan fingerprint density at radius 3 is 2.76 bits per heavy atom. The van der Waals surface area contributed by atoms with Gasteiger partial charge in [-0.15, -0.1) is 0 Å². The Kier molecular flexibility index (Phi) is 5.90. The van der Waals surface area contributed by atoms with Crippen molar-refractivity contribution in [3.63, 3.8) is 0 Å². The van der Waals surface area contributed by atoms with Gasteiger partial charge in [0.15, 0.2) is 0 Å². The summed E-state index contributed by atoms with van der Waals surface area (Å²) in [6.07, 6.45) is 5.20. The molecule has 3 heterocycles. The Bertz CT molecular complexity index is 1110. The third-order valence-corrected chi connectivity index (χ3v) is 7.86. The van der Waals surface area contributed by atoms with Crippen molar-refractivity contribution in [2.75, 3.05) is 31.6 Å². The number of piperazine rings is 1. The molecule has 1 amide bonds. The number of fused-ring (bicyclic) bond motifs is 2. The molecular weight excluding hydrogens is 433 g/mol. The maximum absolute atomic E-state index is 14.7. The van der Waals surface area contributed by atoms with Crippen LogP contribution < -0.4 is 15.0 Å². The van der Waals surface area contributed by atoms with Gasteiger partial charge in [0.05, 0.1) is 25.3 Å². The second kappa shape index (κ2) is 8.88. The molecule has 1 aromatic carbocycles. The van der Waals surface area contributed by atoms with Gasteiger partial charge in [0, 0.05) is 36.4 Å². The SMILES string of the molecule is COc1ccc(F)c(C2(NCC(=O)N3CC4C[C@@H](C)C(C3)N4c3ccc(C#N)cn3)CCC2)c1. The number of nitrogens with one attached hydrogen (secondary N) is 1. The van der Waals surface area contributed by atoms with Gasteiger partial charge in [-0.3, -0.25) is 10.1 Å². The van der Waals surface area contributed by atoms with Gasteiger partial charge in [0.1, 0.15) is 23.5 Å². The summed E-state index contributed by atoms with van der Waals surface area (Å²) < 4.78 is 20.0. The lowest BCUT2D eigenvalue weighted by molar-refractivity contribution is -0.132. The largest absolute Gasteiger partial charge is 0.497 e. The summed E-state index contributed by atoms with van der Waals surface area (Å²) >= 11 is 0. The summed E-state index contributed by atoms with van der Waals surface area (Å²) in [6, 6.07) is 11.0. The Labute approximate surface area is 199 Å². The normalized spacial score (nSPS) is 24.9. The van der Waals surface area contributed by atoms with Gasteiger partial charge in [-0.2, -0.15) is 5.26 Å². The third kappa shape index (κ3) is 3.88. The van der Waals surface area contributed by atoms with Gasteiger partial charge in [-0.25, -0.2) is 9.37 Å². The van der Waals surface area contributed by atoms with Crippen LogP contribution in [0.5, 0.6) is 5.75 Å². The first-order chi connectivity index (χ1) is 16.4. The number of hydrogen-bond donors (Lipinski definition) is 1. The number of halogens is 1. The average molecular weight is 464 g/mol. The molecule has 1 saturated carbocycles. The van der Waals surface area contributed by atoms with E-state index in [0.29, 0.717) is 35.9 Å². The van der Waals surface area contributed by atoms with E-state index < -0.39 is 5.54 Å². The fraction of sp³-hybridized carbons (Fsp3) is 0.500. The molecule has 2 aliphatic heterocycles. The summed E-state index contributed by atoms with van der Waals surface area (Å²) in [5, 5.41) is 12.5. The molecule has 2 aromatic rings. The third-order valence-electron chi connectivity index (χ3n) is 7.86. The predicted octanol–water partition coefficient (Wildman–Crippen LogP) is 3.20. The van der Waals surface area contributed by atoms with Gasteiger partial charge >= 0.3 is 0 Å². The first kappa shape index (κ1) is 22.6. The van der Waals surface area contributed by atoms with E-state index in [1.165, 1.54) is 6.07 Å². The molecule has 5 rings (SSSR count). The lowest BCUT2D eigenvalue weighted by atomic mass is 9.71. The van der Waals surface area contributed by atoms with Crippen molar-refractivity contribution in [3.8, 4) is 11.8 Å². The van der Waals surface area contributed by atoms with Gasteiger partial charge in [-0.1, -0.05) is 6.92 Å². The molecule has 7 nitrogen and oxygen atoms in total. The zero-order valence-corrected chi connectivity index (χ0v) is 19.6. The molecule has 0 radical (unpaired) electrons. The molecule has 3 fully saturated rings. The van der Waals surface area contributed by atoms with Crippen LogP contribution in [-0.4, -0.2) is 54.6 Å². The van der Waals surface area contributed by atoms with Crippen LogP contribution in [0.2, 0.25) is 0 Å². The summed E-state index contributed by atoms with van der Waals surface area (Å²) in [7, 11) is 1.57. The van der Waals surface area contributed by atoms with Crippen molar-refractivity contribution >= 4 is 11.7 Å². The zero-order chi connectivity index (χ0) is 23.9. The van der Waals surface area contributed by atoms with E-state index in [1.54, 1.807) is 31.5 Å². The number of amides is 1. The quantitative estimate of drug-likeness (QED) is 0.709. The standard InChI is InChI=1S/C26H30FN5O2/c1-17-10-19-15-31(16-23(17)32(19)24-7-4-18(12-28)13-29-24)25(33)14-30-26(8-3-9-26)21-11-20(34-2)5-6-22(21)27/h4-7,11,13,17,19,23,30H,3,8-10,14-16H2,1-2H3/t17-,19?,23?/m1/s1. The van der Waals surface area contributed by atoms with Crippen LogP contribution in [0.25, 0.3) is 0 Å². The van der Waals surface area contributed by atoms with Crippen LogP contribution in [0.1, 0.15) is 43.7 Å². The molecule has 1 aromatic heterocycles. The Hall–Kier alpha value is -3.18. The first-order valence-corrected chi connectivity index (χ1v) is 12.0. The molecule has 34 heavy (non-hydrogen) atoms. The maximum Gasteiger partial charge on any atom is 0.236 e. The number of hydrogen-bond acceptors (Lipinski definition) is 6. The van der Waals surface area contributed by atoms with Crippen molar-refractivity contribution in [3.05, 3.63) is 53.5 Å². The van der Waals surface area contributed by atoms with Crippen molar-refractivity contribution in [1.29, 1.82) is 5.26 Å². The number of methoxy groups -OCH3 is 1. The van der Waals surface area contributed by atoms with Crippen LogP contribution in [0, 0.1) is 23.1 Å². The van der Waals surface area contributed by atoms with Gasteiger partial charge in [0.25, 0.3) is 0 Å². The molecule has 1 aliphatic carbocycles. The number of ether oxygens (including phenoxy) is 1. The zero-order valence-electron chi connectivity index (χ0n) is 19.6. The van der Waals surface area contributed by atoms with Crippen LogP contribution in [0.15, 0.2) is 36.5 Å². The summed E-state index contributed by atoms with van der Waals surface area (Å²) in [4.78, 5) is 22.0. The molecule has 8 heteroatoms. The van der Waals surface area contributed by atoms with E-state index in [-0.39, 0.29) is 30.4 Å². The molecule has 0 spiro atoms. The van der Waals surface area contributed by atoms with Crippen LogP contribution in [-0.2, 0) is 10.3 Å². The van der Waals surface area contributed by atoms with E-state index in [0.717, 1.165) is 31.5 Å². The fourth-order valence-electron chi connectivity index (χ4n) is 5.82. The van der Waals surface area contributed by atoms with Crippen molar-refractivity contribution in [1.82, 2.24) is 15.2 Å². The highest BCUT2D eigenvalue weighted by molar-refractivity contribution is 5.79. The highest BCUT2D eigenvalue weighted by Crippen LogP contribution is 2.43. The highest BCUT2D eigenvalue weighted by atomic mass is 19.1. The second-order valence-corrected chi connectivity index (χ2v) is 9.79. The number of nitrogens with zero attached hydrogens (tertiary/aromatic N) is 4. The smallest absolute Gasteiger partial charge is 0.236 e. The van der Waals surface area contributed by atoms with Gasteiger partial charge in [-0.05, 0) is 61.9 Å². The van der Waals surface area contributed by atoms with Gasteiger partial charge < -0.3 is 14.5 Å². The lowest BCUT2D eigenvalue weighted by Gasteiger charge is -2.45. The van der Waals surface area contributed by atoms with Crippen molar-refractivity contribution in [2.45, 2.75) is 50.2 Å². The molecule has 178 valence electrons. The Morgan fingerprint density at radius 2 is 2.15 bits per heavy atom. The average Bonchev–Trinajstić information content (AvgIpc) is 3.02. The number of nitriles is 1. The molecule has 1 N–H and O–H groups in total. The monoisotopic (exact) mass is 463 g/mol. The van der Waals surface area contributed by atoms with E-state index in [9.17, 15) is 9.18 Å². The number of rotatable bonds is 6. The minimum atomic E-state index is -0.519. The summed E-state index contributed by atoms with van der Waals surface area (Å²) in [6.45, 7) is 3.69. The number of anilines is 1. The molecule has 2 saturated heterocycles. The van der Waals surface area contributed by atoms with E-state index in [4.69, 9.17) is 10.00 Å². The van der Waals surface area contributed by atoms with Crippen LogP contribution >= 0.6 is 0 Å². The predicted molar refractivity (Wildman–Crippen MR) is 126 cm³/mol. The number of carbonyl (C=O) groups excluding carboxylic acids is 1. The Morgan fingerprint density at radius 1 is 1.32 bits per heavy atom. The lowest BCUT2D eigenvalue weighted by Crippen LogP contribution is -2.59. The number of likely N-dealkylation sites (tertiary alicyclic amines) is 1.